The number of hydrogen-bond donors (Lipinski definition) is 2. The fourth-order valence-electron chi connectivity index (χ4n) is 2.04. The Kier molecular flexibility index (Phi) is 5.77. The van der Waals surface area contributed by atoms with Gasteiger partial charge in [-0.1, -0.05) is 30.3 Å². The highest BCUT2D eigenvalue weighted by Crippen LogP contribution is 2.16. The number of aryl methyl sites for hydroxylation is 1. The number of nitrogens with one attached hydrogen (secondary N) is 1. The van der Waals surface area contributed by atoms with Crippen molar-refractivity contribution in [1.82, 2.24) is 5.32 Å². The van der Waals surface area contributed by atoms with Gasteiger partial charge in [-0.3, -0.25) is 4.79 Å². The molecule has 2 N–H and O–H groups in total. The van der Waals surface area contributed by atoms with Crippen LogP contribution in [-0.2, 0) is 24.2 Å². The fourth-order valence-corrected chi connectivity index (χ4v) is 3.01. The van der Waals surface area contributed by atoms with Crippen molar-refractivity contribution in [3.05, 3.63) is 57.8 Å². The molecule has 1 heterocycles. The first kappa shape index (κ1) is 14.8. The van der Waals surface area contributed by atoms with Gasteiger partial charge >= 0.3 is 5.97 Å². The van der Waals surface area contributed by atoms with Crippen LogP contribution in [0.5, 0.6) is 0 Å². The van der Waals surface area contributed by atoms with Crippen LogP contribution in [0.25, 0.3) is 0 Å². The van der Waals surface area contributed by atoms with E-state index in [9.17, 15) is 4.79 Å². The lowest BCUT2D eigenvalue weighted by Crippen LogP contribution is -2.14. The van der Waals surface area contributed by atoms with E-state index >= 15 is 0 Å². The molecule has 0 unspecified atom stereocenters. The molecule has 0 amide bonds. The summed E-state index contributed by atoms with van der Waals surface area (Å²) >= 11 is 1.57. The van der Waals surface area contributed by atoms with E-state index in [4.69, 9.17) is 5.11 Å². The van der Waals surface area contributed by atoms with Gasteiger partial charge in [-0.2, -0.15) is 0 Å². The van der Waals surface area contributed by atoms with E-state index in [1.165, 1.54) is 10.4 Å². The molecule has 0 aliphatic heterocycles. The second kappa shape index (κ2) is 7.82. The number of carboxylic acid groups (broad SMARTS) is 1. The van der Waals surface area contributed by atoms with Gasteiger partial charge < -0.3 is 10.4 Å². The molecule has 3 nitrogen and oxygen atoms in total. The average Bonchev–Trinajstić information content (AvgIpc) is 2.86. The van der Waals surface area contributed by atoms with E-state index in [1.54, 1.807) is 11.3 Å². The van der Waals surface area contributed by atoms with Crippen LogP contribution in [0.4, 0.5) is 0 Å². The van der Waals surface area contributed by atoms with Gasteiger partial charge in [-0.05, 0) is 37.1 Å². The van der Waals surface area contributed by atoms with Crippen molar-refractivity contribution >= 4 is 17.3 Å². The lowest BCUT2D eigenvalue weighted by Gasteiger charge is -2.03. The van der Waals surface area contributed by atoms with Gasteiger partial charge in [0.15, 0.2) is 0 Å². The summed E-state index contributed by atoms with van der Waals surface area (Å²) in [4.78, 5) is 12.7. The molecule has 106 valence electrons. The van der Waals surface area contributed by atoms with Crippen LogP contribution in [0, 0.1) is 0 Å². The minimum absolute atomic E-state index is 0.124. The van der Waals surface area contributed by atoms with E-state index in [-0.39, 0.29) is 6.42 Å². The molecule has 0 atom stereocenters. The van der Waals surface area contributed by atoms with Crippen LogP contribution >= 0.6 is 11.3 Å². The summed E-state index contributed by atoms with van der Waals surface area (Å²) in [5, 5.41) is 12.1. The zero-order valence-corrected chi connectivity index (χ0v) is 12.2. The predicted octanol–water partition coefficient (Wildman–Crippen LogP) is 3.10. The maximum atomic E-state index is 10.6. The zero-order chi connectivity index (χ0) is 14.2. The predicted molar refractivity (Wildman–Crippen MR) is 82.1 cm³/mol. The molecule has 2 aromatic rings. The highest BCUT2D eigenvalue weighted by Gasteiger charge is 2.04. The number of rotatable bonds is 8. The number of thiophene rings is 1. The van der Waals surface area contributed by atoms with Gasteiger partial charge in [0.2, 0.25) is 0 Å². The van der Waals surface area contributed by atoms with Crippen molar-refractivity contribution in [2.24, 2.45) is 0 Å². The third-order valence-corrected chi connectivity index (χ3v) is 4.09. The number of carbonyl (C=O) groups is 1. The Bertz CT molecular complexity index is 536. The number of aliphatic carboxylic acids is 1. The van der Waals surface area contributed by atoms with Crippen molar-refractivity contribution in [1.29, 1.82) is 0 Å². The van der Waals surface area contributed by atoms with Gasteiger partial charge in [-0.15, -0.1) is 11.3 Å². The van der Waals surface area contributed by atoms with Crippen LogP contribution < -0.4 is 5.32 Å². The summed E-state index contributed by atoms with van der Waals surface area (Å²) in [5.41, 5.74) is 1.37. The summed E-state index contributed by atoms with van der Waals surface area (Å²) in [6, 6.07) is 14.4. The molecule has 0 radical (unpaired) electrons. The van der Waals surface area contributed by atoms with Crippen molar-refractivity contribution in [2.45, 2.75) is 25.8 Å². The molecule has 2 rings (SSSR count). The minimum Gasteiger partial charge on any atom is -0.481 e. The molecule has 20 heavy (non-hydrogen) atoms. The minimum atomic E-state index is -0.769. The van der Waals surface area contributed by atoms with E-state index in [1.807, 2.05) is 18.2 Å². The molecule has 0 saturated heterocycles. The summed E-state index contributed by atoms with van der Waals surface area (Å²) in [7, 11) is 0. The molecule has 0 aliphatic carbocycles. The topological polar surface area (TPSA) is 49.3 Å². The Hall–Kier alpha value is -1.65. The van der Waals surface area contributed by atoms with E-state index in [0.29, 0.717) is 0 Å². The summed E-state index contributed by atoms with van der Waals surface area (Å²) in [6.07, 6.45) is 2.32. The quantitative estimate of drug-likeness (QED) is 0.734. The summed E-state index contributed by atoms with van der Waals surface area (Å²) in [6.45, 7) is 1.79. The van der Waals surface area contributed by atoms with E-state index in [2.05, 4.69) is 29.6 Å². The Labute approximate surface area is 123 Å². The Balaban J connectivity index is 1.63. The summed E-state index contributed by atoms with van der Waals surface area (Å²) < 4.78 is 0. The molecule has 4 heteroatoms. The molecule has 0 saturated carbocycles. The molecule has 0 spiro atoms. The molecular formula is C16H19NO2S. The van der Waals surface area contributed by atoms with Crippen molar-refractivity contribution < 1.29 is 9.90 Å². The van der Waals surface area contributed by atoms with Crippen molar-refractivity contribution in [3.63, 3.8) is 0 Å². The number of benzene rings is 1. The maximum Gasteiger partial charge on any atom is 0.308 e. The van der Waals surface area contributed by atoms with Crippen LogP contribution in [0.15, 0.2) is 42.5 Å². The summed E-state index contributed by atoms with van der Waals surface area (Å²) in [5.74, 6) is -0.769. The van der Waals surface area contributed by atoms with Crippen LogP contribution in [0.1, 0.15) is 21.7 Å². The van der Waals surface area contributed by atoms with E-state index < -0.39 is 5.97 Å². The normalized spacial score (nSPS) is 10.6. The lowest BCUT2D eigenvalue weighted by molar-refractivity contribution is -0.136. The first-order valence-corrected chi connectivity index (χ1v) is 7.60. The van der Waals surface area contributed by atoms with Gasteiger partial charge in [0.05, 0.1) is 6.42 Å². The monoisotopic (exact) mass is 289 g/mol. The highest BCUT2D eigenvalue weighted by atomic mass is 32.1. The third-order valence-electron chi connectivity index (χ3n) is 3.00. The van der Waals surface area contributed by atoms with Crippen molar-refractivity contribution in [2.75, 3.05) is 6.54 Å². The van der Waals surface area contributed by atoms with Gasteiger partial charge in [0.1, 0.15) is 0 Å². The van der Waals surface area contributed by atoms with Crippen LogP contribution in [0.2, 0.25) is 0 Å². The lowest BCUT2D eigenvalue weighted by atomic mass is 10.1. The standard InChI is InChI=1S/C16H19NO2S/c18-16(19)11-14-8-9-15(20-14)12-17-10-4-7-13-5-2-1-3-6-13/h1-3,5-6,8-9,17H,4,7,10-12H2,(H,18,19). The van der Waals surface area contributed by atoms with Gasteiger partial charge in [0, 0.05) is 16.3 Å². The molecule has 1 aromatic heterocycles. The smallest absolute Gasteiger partial charge is 0.308 e. The highest BCUT2D eigenvalue weighted by molar-refractivity contribution is 7.12. The molecular weight excluding hydrogens is 270 g/mol. The van der Waals surface area contributed by atoms with Gasteiger partial charge in [-0.25, -0.2) is 0 Å². The third kappa shape index (κ3) is 5.15. The Morgan fingerprint density at radius 1 is 1.10 bits per heavy atom. The zero-order valence-electron chi connectivity index (χ0n) is 11.3. The SMILES string of the molecule is O=C(O)Cc1ccc(CNCCCc2ccccc2)s1. The average molecular weight is 289 g/mol. The second-order valence-corrected chi connectivity index (χ2v) is 5.96. The van der Waals surface area contributed by atoms with Crippen LogP contribution in [-0.4, -0.2) is 17.6 Å². The van der Waals surface area contributed by atoms with Crippen molar-refractivity contribution in [3.8, 4) is 0 Å². The largest absolute Gasteiger partial charge is 0.481 e. The van der Waals surface area contributed by atoms with Crippen LogP contribution in [0.3, 0.4) is 0 Å². The molecule has 0 fully saturated rings. The first-order chi connectivity index (χ1) is 9.74. The Morgan fingerprint density at radius 2 is 1.85 bits per heavy atom. The maximum absolute atomic E-state index is 10.6. The molecule has 1 aromatic carbocycles. The molecule has 0 aliphatic rings. The first-order valence-electron chi connectivity index (χ1n) is 6.78. The number of carboxylic acids is 1. The Morgan fingerprint density at radius 3 is 2.60 bits per heavy atom. The van der Waals surface area contributed by atoms with E-state index in [0.717, 1.165) is 30.8 Å². The fraction of sp³-hybridized carbons (Fsp3) is 0.312. The number of hydrogen-bond acceptors (Lipinski definition) is 3. The van der Waals surface area contributed by atoms with Gasteiger partial charge in [0.25, 0.3) is 0 Å². The second-order valence-electron chi connectivity index (χ2n) is 4.70. The molecule has 0 bridgehead atoms.